The lowest BCUT2D eigenvalue weighted by atomic mass is 10.1. The zero-order valence-electron chi connectivity index (χ0n) is 16.8. The summed E-state index contributed by atoms with van der Waals surface area (Å²) < 4.78 is 35.5. The van der Waals surface area contributed by atoms with E-state index in [0.717, 1.165) is 11.1 Å². The summed E-state index contributed by atoms with van der Waals surface area (Å²) in [6, 6.07) is 10.2. The van der Waals surface area contributed by atoms with Crippen molar-refractivity contribution in [1.29, 1.82) is 0 Å². The zero-order chi connectivity index (χ0) is 21.5. The molecule has 9 heteroatoms. The van der Waals surface area contributed by atoms with E-state index in [0.29, 0.717) is 22.4 Å². The average Bonchev–Trinajstić information content (AvgIpc) is 3.32. The molecule has 3 heterocycles. The molecular formula is C21H22N4O4S. The van der Waals surface area contributed by atoms with E-state index in [-0.39, 0.29) is 11.4 Å². The number of rotatable bonds is 6. The van der Waals surface area contributed by atoms with E-state index in [1.54, 1.807) is 35.3 Å². The number of sulfonamides is 1. The first-order chi connectivity index (χ1) is 14.1. The van der Waals surface area contributed by atoms with E-state index in [2.05, 4.69) is 14.8 Å². The number of hydrogen-bond donors (Lipinski definition) is 2. The third-order valence-corrected chi connectivity index (χ3v) is 5.95. The first-order valence-electron chi connectivity index (χ1n) is 9.32. The third kappa shape index (κ3) is 4.13. The van der Waals surface area contributed by atoms with Crippen LogP contribution in [0.5, 0.6) is 0 Å². The molecule has 156 valence electrons. The van der Waals surface area contributed by atoms with Gasteiger partial charge in [0.2, 0.25) is 10.0 Å². The molecule has 0 fully saturated rings. The number of pyridine rings is 1. The van der Waals surface area contributed by atoms with Gasteiger partial charge in [0.25, 0.3) is 0 Å². The van der Waals surface area contributed by atoms with Crippen molar-refractivity contribution in [2.45, 2.75) is 24.3 Å². The van der Waals surface area contributed by atoms with Crippen LogP contribution in [0.3, 0.4) is 0 Å². The van der Waals surface area contributed by atoms with Crippen LogP contribution in [-0.4, -0.2) is 40.4 Å². The van der Waals surface area contributed by atoms with Gasteiger partial charge < -0.3 is 9.52 Å². The fraction of sp³-hybridized carbons (Fsp3) is 0.238. The van der Waals surface area contributed by atoms with Crippen LogP contribution in [-0.2, 0) is 17.1 Å². The SMILES string of the molecule is Cn1cc(-c2cc3nccc(-c4cccc(S(=O)(=O)NCC(C)(C)O)c4)c3o2)cn1. The zero-order valence-corrected chi connectivity index (χ0v) is 17.6. The molecule has 0 bridgehead atoms. The lowest BCUT2D eigenvalue weighted by molar-refractivity contribution is 0.0857. The van der Waals surface area contributed by atoms with Crippen LogP contribution in [0.4, 0.5) is 0 Å². The Balaban J connectivity index is 1.74. The molecule has 0 aliphatic carbocycles. The maximum atomic E-state index is 12.7. The van der Waals surface area contributed by atoms with Gasteiger partial charge in [0, 0.05) is 37.6 Å². The maximum Gasteiger partial charge on any atom is 0.240 e. The molecule has 0 atom stereocenters. The predicted octanol–water partition coefficient (Wildman–Crippen LogP) is 2.94. The fourth-order valence-corrected chi connectivity index (χ4v) is 4.29. The van der Waals surface area contributed by atoms with Gasteiger partial charge in [-0.3, -0.25) is 9.67 Å². The van der Waals surface area contributed by atoms with E-state index < -0.39 is 15.6 Å². The lowest BCUT2D eigenvalue weighted by Gasteiger charge is -2.18. The first-order valence-corrected chi connectivity index (χ1v) is 10.8. The molecule has 0 saturated heterocycles. The molecule has 0 saturated carbocycles. The van der Waals surface area contributed by atoms with Crippen molar-refractivity contribution in [2.75, 3.05) is 6.54 Å². The number of nitrogens with zero attached hydrogens (tertiary/aromatic N) is 3. The summed E-state index contributed by atoms with van der Waals surface area (Å²) in [5.74, 6) is 0.633. The summed E-state index contributed by atoms with van der Waals surface area (Å²) in [7, 11) is -1.95. The Bertz CT molecular complexity index is 1320. The summed E-state index contributed by atoms with van der Waals surface area (Å²) >= 11 is 0. The second-order valence-corrected chi connectivity index (χ2v) is 9.52. The highest BCUT2D eigenvalue weighted by atomic mass is 32.2. The van der Waals surface area contributed by atoms with Crippen LogP contribution in [0.1, 0.15) is 13.8 Å². The molecule has 4 rings (SSSR count). The van der Waals surface area contributed by atoms with Crippen molar-refractivity contribution in [1.82, 2.24) is 19.5 Å². The van der Waals surface area contributed by atoms with Gasteiger partial charge in [-0.1, -0.05) is 12.1 Å². The summed E-state index contributed by atoms with van der Waals surface area (Å²) in [6.07, 6.45) is 5.21. The van der Waals surface area contributed by atoms with Crippen molar-refractivity contribution in [2.24, 2.45) is 7.05 Å². The molecule has 4 aromatic rings. The number of aromatic nitrogens is 3. The Kier molecular flexibility index (Phi) is 4.97. The molecule has 0 aliphatic rings. The van der Waals surface area contributed by atoms with Crippen LogP contribution < -0.4 is 4.72 Å². The molecule has 0 spiro atoms. The highest BCUT2D eigenvalue weighted by molar-refractivity contribution is 7.89. The molecule has 0 aliphatic heterocycles. The molecule has 0 unspecified atom stereocenters. The Morgan fingerprint density at radius 1 is 1.20 bits per heavy atom. The summed E-state index contributed by atoms with van der Waals surface area (Å²) in [6.45, 7) is 2.98. The van der Waals surface area contributed by atoms with Gasteiger partial charge in [0.05, 0.1) is 22.3 Å². The fourth-order valence-electron chi connectivity index (χ4n) is 3.04. The number of aliphatic hydroxyl groups is 1. The minimum absolute atomic E-state index is 0.0915. The Morgan fingerprint density at radius 3 is 2.70 bits per heavy atom. The average molecular weight is 426 g/mol. The van der Waals surface area contributed by atoms with Crippen molar-refractivity contribution < 1.29 is 17.9 Å². The third-order valence-electron chi connectivity index (χ3n) is 4.55. The number of nitrogens with one attached hydrogen (secondary N) is 1. The second kappa shape index (κ2) is 7.35. The van der Waals surface area contributed by atoms with Crippen LogP contribution in [0.25, 0.3) is 33.6 Å². The van der Waals surface area contributed by atoms with Crippen LogP contribution in [0.2, 0.25) is 0 Å². The van der Waals surface area contributed by atoms with Crippen molar-refractivity contribution in [3.05, 3.63) is 55.0 Å². The highest BCUT2D eigenvalue weighted by Crippen LogP contribution is 2.34. The number of furan rings is 1. The Hall–Kier alpha value is -3.01. The lowest BCUT2D eigenvalue weighted by Crippen LogP contribution is -2.38. The molecule has 0 radical (unpaired) electrons. The van der Waals surface area contributed by atoms with E-state index in [1.807, 2.05) is 25.4 Å². The van der Waals surface area contributed by atoms with Crippen molar-refractivity contribution >= 4 is 21.1 Å². The van der Waals surface area contributed by atoms with E-state index in [4.69, 9.17) is 4.42 Å². The van der Waals surface area contributed by atoms with E-state index in [1.165, 1.54) is 19.9 Å². The van der Waals surface area contributed by atoms with Crippen LogP contribution in [0.15, 0.2) is 64.3 Å². The van der Waals surface area contributed by atoms with Gasteiger partial charge in [-0.05, 0) is 37.6 Å². The van der Waals surface area contributed by atoms with Crippen molar-refractivity contribution in [3.8, 4) is 22.5 Å². The highest BCUT2D eigenvalue weighted by Gasteiger charge is 2.21. The minimum Gasteiger partial charge on any atom is -0.454 e. The monoisotopic (exact) mass is 426 g/mol. The maximum absolute atomic E-state index is 12.7. The molecule has 0 amide bonds. The normalized spacial score (nSPS) is 12.5. The molecule has 1 aromatic carbocycles. The largest absolute Gasteiger partial charge is 0.454 e. The minimum atomic E-state index is -3.78. The number of aryl methyl sites for hydroxylation is 1. The van der Waals surface area contributed by atoms with Gasteiger partial charge in [-0.2, -0.15) is 5.10 Å². The summed E-state index contributed by atoms with van der Waals surface area (Å²) in [4.78, 5) is 4.47. The standard InChI is InChI=1S/C21H22N4O4S/c1-21(2,26)13-24-30(27,28)16-6-4-5-14(9-16)17-7-8-22-18-10-19(29-20(17)18)15-11-23-25(3)12-15/h4-12,24,26H,13H2,1-3H3. The quantitative estimate of drug-likeness (QED) is 0.490. The second-order valence-electron chi connectivity index (χ2n) is 7.75. The van der Waals surface area contributed by atoms with Gasteiger partial charge in [-0.15, -0.1) is 0 Å². The first kappa shape index (κ1) is 20.3. The van der Waals surface area contributed by atoms with Crippen molar-refractivity contribution in [3.63, 3.8) is 0 Å². The predicted molar refractivity (Wildman–Crippen MR) is 113 cm³/mol. The number of benzene rings is 1. The summed E-state index contributed by atoms with van der Waals surface area (Å²) in [5, 5.41) is 14.0. The summed E-state index contributed by atoms with van der Waals surface area (Å²) in [5.41, 5.74) is 2.32. The number of fused-ring (bicyclic) bond motifs is 1. The number of hydrogen-bond acceptors (Lipinski definition) is 6. The van der Waals surface area contributed by atoms with E-state index in [9.17, 15) is 13.5 Å². The molecule has 30 heavy (non-hydrogen) atoms. The molecule has 2 N–H and O–H groups in total. The van der Waals surface area contributed by atoms with Crippen LogP contribution >= 0.6 is 0 Å². The topological polar surface area (TPSA) is 110 Å². The smallest absolute Gasteiger partial charge is 0.240 e. The van der Waals surface area contributed by atoms with E-state index >= 15 is 0 Å². The molecular weight excluding hydrogens is 404 g/mol. The molecule has 8 nitrogen and oxygen atoms in total. The van der Waals surface area contributed by atoms with Gasteiger partial charge in [0.1, 0.15) is 11.3 Å². The van der Waals surface area contributed by atoms with Gasteiger partial charge >= 0.3 is 0 Å². The van der Waals surface area contributed by atoms with Crippen LogP contribution in [0, 0.1) is 0 Å². The van der Waals surface area contributed by atoms with Gasteiger partial charge in [-0.25, -0.2) is 13.1 Å². The van der Waals surface area contributed by atoms with Gasteiger partial charge in [0.15, 0.2) is 5.58 Å². The Labute approximate surface area is 174 Å². The Morgan fingerprint density at radius 2 is 2.00 bits per heavy atom. The molecule has 3 aromatic heterocycles.